The number of rotatable bonds is 4. The Morgan fingerprint density at radius 2 is 2.22 bits per heavy atom. The Balaban J connectivity index is 2.21. The average molecular weight is 249 g/mol. The van der Waals surface area contributed by atoms with Crippen LogP contribution in [0.15, 0.2) is 12.3 Å². The largest absolute Gasteiger partial charge is 0.330 e. The monoisotopic (exact) mass is 249 g/mol. The Bertz CT molecular complexity index is 370. The normalized spacial score (nSPS) is 28.8. The van der Waals surface area contributed by atoms with Crippen molar-refractivity contribution < 1.29 is 0 Å². The van der Waals surface area contributed by atoms with Crippen molar-refractivity contribution in [3.63, 3.8) is 0 Å². The average Bonchev–Trinajstić information content (AvgIpc) is 2.85. The van der Waals surface area contributed by atoms with Crippen LogP contribution in [0.1, 0.15) is 51.6 Å². The number of nitrogens with two attached hydrogens (primary N) is 1. The molecule has 3 atom stereocenters. The lowest BCUT2D eigenvalue weighted by molar-refractivity contribution is 0.191. The minimum Gasteiger partial charge on any atom is -0.330 e. The molecule has 0 radical (unpaired) electrons. The highest BCUT2D eigenvalue weighted by molar-refractivity contribution is 5.11. The smallest absolute Gasteiger partial charge is 0.0492 e. The molecule has 1 saturated carbocycles. The summed E-state index contributed by atoms with van der Waals surface area (Å²) < 4.78 is 2.15. The molecule has 1 fully saturated rings. The van der Waals surface area contributed by atoms with Gasteiger partial charge in [-0.25, -0.2) is 0 Å². The molecule has 102 valence electrons. The molecule has 0 bridgehead atoms. The molecule has 3 heteroatoms. The molecule has 0 aromatic carbocycles. The first-order valence-electron chi connectivity index (χ1n) is 7.39. The van der Waals surface area contributed by atoms with Crippen LogP contribution in [0, 0.1) is 17.8 Å². The van der Waals surface area contributed by atoms with Crippen molar-refractivity contribution in [2.45, 2.75) is 52.5 Å². The summed E-state index contributed by atoms with van der Waals surface area (Å²) in [6, 6.07) is 2.19. The first-order valence-corrected chi connectivity index (χ1v) is 7.39. The molecule has 18 heavy (non-hydrogen) atoms. The molecule has 0 saturated heterocycles. The summed E-state index contributed by atoms with van der Waals surface area (Å²) in [6.45, 7) is 8.63. The maximum absolute atomic E-state index is 5.98. The topological polar surface area (TPSA) is 43.8 Å². The van der Waals surface area contributed by atoms with E-state index in [1.807, 2.05) is 6.20 Å². The zero-order valence-electron chi connectivity index (χ0n) is 12.0. The van der Waals surface area contributed by atoms with Crippen molar-refractivity contribution in [1.29, 1.82) is 0 Å². The highest BCUT2D eigenvalue weighted by Crippen LogP contribution is 2.42. The number of aryl methyl sites for hydroxylation is 1. The van der Waals surface area contributed by atoms with E-state index < -0.39 is 0 Å². The van der Waals surface area contributed by atoms with E-state index in [1.165, 1.54) is 25.0 Å². The second kappa shape index (κ2) is 5.87. The number of hydrogen-bond acceptors (Lipinski definition) is 2. The number of aromatic nitrogens is 2. The van der Waals surface area contributed by atoms with E-state index in [-0.39, 0.29) is 0 Å². The molecule has 1 aliphatic rings. The molecule has 3 unspecified atom stereocenters. The molecule has 1 aromatic rings. The fraction of sp³-hybridized carbons (Fsp3) is 0.800. The van der Waals surface area contributed by atoms with Crippen LogP contribution in [0.5, 0.6) is 0 Å². The SMILES string of the molecule is CCn1nccc1C1CC(C(C)C)CCC1CN. The molecule has 2 rings (SSSR count). The summed E-state index contributed by atoms with van der Waals surface area (Å²) in [5, 5.41) is 4.42. The second-order valence-corrected chi connectivity index (χ2v) is 5.99. The van der Waals surface area contributed by atoms with E-state index in [0.29, 0.717) is 11.8 Å². The van der Waals surface area contributed by atoms with Gasteiger partial charge in [0.05, 0.1) is 0 Å². The van der Waals surface area contributed by atoms with E-state index in [1.54, 1.807) is 0 Å². The lowest BCUT2D eigenvalue weighted by Crippen LogP contribution is -2.32. The first-order chi connectivity index (χ1) is 8.67. The summed E-state index contributed by atoms with van der Waals surface area (Å²) in [6.07, 6.45) is 5.84. The standard InChI is InChI=1S/C15H27N3/c1-4-18-15(7-8-17-18)14-9-12(11(2)3)5-6-13(14)10-16/h7-8,11-14H,4-6,9-10,16H2,1-3H3. The van der Waals surface area contributed by atoms with Gasteiger partial charge in [0.2, 0.25) is 0 Å². The molecule has 1 aliphatic carbocycles. The van der Waals surface area contributed by atoms with Gasteiger partial charge >= 0.3 is 0 Å². The van der Waals surface area contributed by atoms with Gasteiger partial charge in [-0.15, -0.1) is 0 Å². The molecular formula is C15H27N3. The second-order valence-electron chi connectivity index (χ2n) is 5.99. The fourth-order valence-corrected chi connectivity index (χ4v) is 3.44. The van der Waals surface area contributed by atoms with Crippen molar-refractivity contribution in [3.05, 3.63) is 18.0 Å². The van der Waals surface area contributed by atoms with Crippen molar-refractivity contribution >= 4 is 0 Å². The molecule has 1 aromatic heterocycles. The minimum atomic E-state index is 0.610. The maximum Gasteiger partial charge on any atom is 0.0492 e. The van der Waals surface area contributed by atoms with E-state index in [9.17, 15) is 0 Å². The quantitative estimate of drug-likeness (QED) is 0.891. The van der Waals surface area contributed by atoms with Crippen LogP contribution in [0.4, 0.5) is 0 Å². The molecule has 0 amide bonds. The van der Waals surface area contributed by atoms with E-state index in [0.717, 1.165) is 24.9 Å². The zero-order chi connectivity index (χ0) is 13.1. The van der Waals surface area contributed by atoms with Gasteiger partial charge in [0.1, 0.15) is 0 Å². The molecule has 0 aliphatic heterocycles. The lowest BCUT2D eigenvalue weighted by Gasteiger charge is -2.37. The third-order valence-electron chi connectivity index (χ3n) is 4.71. The summed E-state index contributed by atoms with van der Waals surface area (Å²) in [5.74, 6) is 2.88. The Morgan fingerprint density at radius 1 is 1.44 bits per heavy atom. The van der Waals surface area contributed by atoms with E-state index in [4.69, 9.17) is 5.73 Å². The Morgan fingerprint density at radius 3 is 2.83 bits per heavy atom. The van der Waals surface area contributed by atoms with Crippen molar-refractivity contribution in [1.82, 2.24) is 9.78 Å². The van der Waals surface area contributed by atoms with Gasteiger partial charge in [0.25, 0.3) is 0 Å². The summed E-state index contributed by atoms with van der Waals surface area (Å²) in [5.41, 5.74) is 7.38. The van der Waals surface area contributed by atoms with Gasteiger partial charge in [-0.3, -0.25) is 4.68 Å². The van der Waals surface area contributed by atoms with E-state index in [2.05, 4.69) is 36.6 Å². The lowest BCUT2D eigenvalue weighted by atomic mass is 9.69. The van der Waals surface area contributed by atoms with Crippen LogP contribution >= 0.6 is 0 Å². The zero-order valence-corrected chi connectivity index (χ0v) is 12.0. The van der Waals surface area contributed by atoms with Crippen LogP contribution in [0.2, 0.25) is 0 Å². The van der Waals surface area contributed by atoms with Crippen LogP contribution in [0.3, 0.4) is 0 Å². The van der Waals surface area contributed by atoms with Crippen LogP contribution in [0.25, 0.3) is 0 Å². The Labute approximate surface area is 111 Å². The van der Waals surface area contributed by atoms with Gasteiger partial charge in [-0.1, -0.05) is 13.8 Å². The first kappa shape index (κ1) is 13.6. The number of hydrogen-bond donors (Lipinski definition) is 1. The van der Waals surface area contributed by atoms with Gasteiger partial charge < -0.3 is 5.73 Å². The van der Waals surface area contributed by atoms with Gasteiger partial charge in [0.15, 0.2) is 0 Å². The molecule has 1 heterocycles. The van der Waals surface area contributed by atoms with Crippen molar-refractivity contribution in [2.75, 3.05) is 6.54 Å². The van der Waals surface area contributed by atoms with Crippen LogP contribution < -0.4 is 5.73 Å². The molecule has 2 N–H and O–H groups in total. The van der Waals surface area contributed by atoms with Gasteiger partial charge in [0, 0.05) is 24.4 Å². The summed E-state index contributed by atoms with van der Waals surface area (Å²) in [4.78, 5) is 0. The van der Waals surface area contributed by atoms with Crippen LogP contribution in [-0.4, -0.2) is 16.3 Å². The third kappa shape index (κ3) is 2.61. The van der Waals surface area contributed by atoms with Crippen molar-refractivity contribution in [3.8, 4) is 0 Å². The Kier molecular flexibility index (Phi) is 4.44. The van der Waals surface area contributed by atoms with Gasteiger partial charge in [-0.05, 0) is 56.6 Å². The van der Waals surface area contributed by atoms with Gasteiger partial charge in [-0.2, -0.15) is 5.10 Å². The summed E-state index contributed by atoms with van der Waals surface area (Å²) >= 11 is 0. The third-order valence-corrected chi connectivity index (χ3v) is 4.71. The minimum absolute atomic E-state index is 0.610. The maximum atomic E-state index is 5.98. The fourth-order valence-electron chi connectivity index (χ4n) is 3.44. The molecule has 3 nitrogen and oxygen atoms in total. The molecular weight excluding hydrogens is 222 g/mol. The Hall–Kier alpha value is -0.830. The van der Waals surface area contributed by atoms with Crippen LogP contribution in [-0.2, 0) is 6.54 Å². The number of nitrogens with zero attached hydrogens (tertiary/aromatic N) is 2. The predicted molar refractivity (Wildman–Crippen MR) is 75.4 cm³/mol. The molecule has 0 spiro atoms. The van der Waals surface area contributed by atoms with Crippen molar-refractivity contribution in [2.24, 2.45) is 23.5 Å². The van der Waals surface area contributed by atoms with E-state index >= 15 is 0 Å². The highest BCUT2D eigenvalue weighted by atomic mass is 15.3. The predicted octanol–water partition coefficient (Wildman–Crippen LogP) is 3.02. The highest BCUT2D eigenvalue weighted by Gasteiger charge is 2.33. The summed E-state index contributed by atoms with van der Waals surface area (Å²) in [7, 11) is 0.